The van der Waals surface area contributed by atoms with Gasteiger partial charge in [-0.3, -0.25) is 4.79 Å². The van der Waals surface area contributed by atoms with Crippen molar-refractivity contribution in [3.8, 4) is 0 Å². The number of hydrogen-bond acceptors (Lipinski definition) is 3. The third-order valence-corrected chi connectivity index (χ3v) is 2.22. The van der Waals surface area contributed by atoms with Crippen LogP contribution in [-0.4, -0.2) is 23.6 Å². The summed E-state index contributed by atoms with van der Waals surface area (Å²) >= 11 is 0. The number of ether oxygens (including phenoxy) is 1. The zero-order valence-electron chi connectivity index (χ0n) is 10.3. The normalized spacial score (nSPS) is 11.9. The van der Waals surface area contributed by atoms with Gasteiger partial charge < -0.3 is 10.1 Å². The number of pyridine rings is 1. The molecule has 0 aliphatic heterocycles. The molecule has 1 rings (SSSR count). The van der Waals surface area contributed by atoms with E-state index in [1.165, 1.54) is 0 Å². The number of amides is 1. The van der Waals surface area contributed by atoms with Gasteiger partial charge in [-0.05, 0) is 31.9 Å². The molecule has 1 aromatic heterocycles. The van der Waals surface area contributed by atoms with E-state index in [0.29, 0.717) is 12.4 Å². The topological polar surface area (TPSA) is 51.2 Å². The maximum atomic E-state index is 11.7. The highest BCUT2D eigenvalue weighted by Gasteiger charge is 2.13. The van der Waals surface area contributed by atoms with Crippen LogP contribution >= 0.6 is 0 Å². The van der Waals surface area contributed by atoms with E-state index < -0.39 is 6.10 Å². The summed E-state index contributed by atoms with van der Waals surface area (Å²) in [5.41, 5.74) is 1.05. The lowest BCUT2D eigenvalue weighted by atomic mass is 10.3. The minimum atomic E-state index is -0.488. The Morgan fingerprint density at radius 3 is 3.00 bits per heavy atom. The van der Waals surface area contributed by atoms with Gasteiger partial charge in [0.15, 0.2) is 0 Å². The molecule has 1 atom stereocenters. The number of nitrogens with zero attached hydrogens (tertiary/aromatic N) is 1. The van der Waals surface area contributed by atoms with E-state index in [1.807, 2.05) is 13.0 Å². The van der Waals surface area contributed by atoms with Crippen molar-refractivity contribution < 1.29 is 9.53 Å². The second-order valence-electron chi connectivity index (χ2n) is 3.80. The molecule has 0 fully saturated rings. The fraction of sp³-hybridized carbons (Fsp3) is 0.385. The molecule has 0 bridgehead atoms. The molecule has 4 nitrogen and oxygen atoms in total. The second-order valence-corrected chi connectivity index (χ2v) is 3.80. The number of carbonyl (C=O) groups is 1. The van der Waals surface area contributed by atoms with Crippen molar-refractivity contribution in [1.82, 2.24) is 4.98 Å². The molecular formula is C13H18N2O2. The molecule has 4 heteroatoms. The Morgan fingerprint density at radius 1 is 1.65 bits per heavy atom. The molecule has 0 saturated heterocycles. The van der Waals surface area contributed by atoms with E-state index in [4.69, 9.17) is 4.74 Å². The standard InChI is InChI=1S/C13H18N2O2/c1-4-5-8-17-11(3)13(16)15-12-7-6-10(2)9-14-12/h4,6-7,9,11H,1,5,8H2,2-3H3,(H,14,15,16). The van der Waals surface area contributed by atoms with Gasteiger partial charge in [0.05, 0.1) is 6.61 Å². The first-order chi connectivity index (χ1) is 8.13. The van der Waals surface area contributed by atoms with E-state index in [-0.39, 0.29) is 5.91 Å². The molecule has 0 aliphatic carbocycles. The van der Waals surface area contributed by atoms with Gasteiger partial charge in [-0.2, -0.15) is 0 Å². The Kier molecular flexibility index (Phi) is 5.36. The average molecular weight is 234 g/mol. The Labute approximate surface area is 102 Å². The van der Waals surface area contributed by atoms with Gasteiger partial charge in [0.1, 0.15) is 11.9 Å². The zero-order valence-corrected chi connectivity index (χ0v) is 10.3. The number of anilines is 1. The lowest BCUT2D eigenvalue weighted by molar-refractivity contribution is -0.126. The van der Waals surface area contributed by atoms with Gasteiger partial charge in [-0.15, -0.1) is 6.58 Å². The average Bonchev–Trinajstić information content (AvgIpc) is 2.32. The van der Waals surface area contributed by atoms with Crippen LogP contribution in [0, 0.1) is 6.92 Å². The van der Waals surface area contributed by atoms with Crippen LogP contribution in [0.1, 0.15) is 18.9 Å². The van der Waals surface area contributed by atoms with Gasteiger partial charge in [-0.25, -0.2) is 4.98 Å². The van der Waals surface area contributed by atoms with Crippen LogP contribution in [0.5, 0.6) is 0 Å². The van der Waals surface area contributed by atoms with Crippen molar-refractivity contribution in [3.63, 3.8) is 0 Å². The maximum absolute atomic E-state index is 11.7. The van der Waals surface area contributed by atoms with E-state index in [2.05, 4.69) is 16.9 Å². The summed E-state index contributed by atoms with van der Waals surface area (Å²) < 4.78 is 5.33. The fourth-order valence-corrected chi connectivity index (χ4v) is 1.17. The monoisotopic (exact) mass is 234 g/mol. The number of hydrogen-bond donors (Lipinski definition) is 1. The smallest absolute Gasteiger partial charge is 0.254 e. The molecular weight excluding hydrogens is 216 g/mol. The van der Waals surface area contributed by atoms with E-state index in [0.717, 1.165) is 12.0 Å². The van der Waals surface area contributed by atoms with E-state index in [1.54, 1.807) is 25.3 Å². The SMILES string of the molecule is C=CCCOC(C)C(=O)Nc1ccc(C)cn1. The molecule has 1 unspecified atom stereocenters. The van der Waals surface area contributed by atoms with Gasteiger partial charge in [-0.1, -0.05) is 12.1 Å². The highest BCUT2D eigenvalue weighted by molar-refractivity contribution is 5.93. The van der Waals surface area contributed by atoms with Crippen molar-refractivity contribution in [1.29, 1.82) is 0 Å². The van der Waals surface area contributed by atoms with Gasteiger partial charge >= 0.3 is 0 Å². The van der Waals surface area contributed by atoms with Crippen molar-refractivity contribution >= 4 is 11.7 Å². The summed E-state index contributed by atoms with van der Waals surface area (Å²) in [6.45, 7) is 7.75. The van der Waals surface area contributed by atoms with E-state index >= 15 is 0 Å². The maximum Gasteiger partial charge on any atom is 0.254 e. The quantitative estimate of drug-likeness (QED) is 0.607. The molecule has 0 aliphatic rings. The molecule has 17 heavy (non-hydrogen) atoms. The van der Waals surface area contributed by atoms with Crippen LogP contribution in [0.15, 0.2) is 31.0 Å². The number of carbonyl (C=O) groups excluding carboxylic acids is 1. The lowest BCUT2D eigenvalue weighted by Crippen LogP contribution is -2.28. The Balaban J connectivity index is 2.42. The van der Waals surface area contributed by atoms with Crippen LogP contribution in [0.3, 0.4) is 0 Å². The number of nitrogens with one attached hydrogen (secondary N) is 1. The fourth-order valence-electron chi connectivity index (χ4n) is 1.17. The predicted molar refractivity (Wildman–Crippen MR) is 67.8 cm³/mol. The molecule has 1 aromatic rings. The van der Waals surface area contributed by atoms with Gasteiger partial charge in [0.2, 0.25) is 0 Å². The van der Waals surface area contributed by atoms with Crippen LogP contribution < -0.4 is 5.32 Å². The number of rotatable bonds is 6. The van der Waals surface area contributed by atoms with Crippen LogP contribution in [0.2, 0.25) is 0 Å². The molecule has 0 spiro atoms. The number of aryl methyl sites for hydroxylation is 1. The zero-order chi connectivity index (χ0) is 12.7. The molecule has 1 N–H and O–H groups in total. The van der Waals surface area contributed by atoms with Crippen molar-refractivity contribution in [3.05, 3.63) is 36.5 Å². The predicted octanol–water partition coefficient (Wildman–Crippen LogP) is 2.31. The summed E-state index contributed by atoms with van der Waals surface area (Å²) in [6, 6.07) is 3.66. The summed E-state index contributed by atoms with van der Waals surface area (Å²) in [7, 11) is 0. The van der Waals surface area contributed by atoms with Crippen molar-refractivity contribution in [2.45, 2.75) is 26.4 Å². The minimum absolute atomic E-state index is 0.189. The summed E-state index contributed by atoms with van der Waals surface area (Å²) in [6.07, 6.45) is 3.71. The minimum Gasteiger partial charge on any atom is -0.368 e. The molecule has 1 amide bonds. The van der Waals surface area contributed by atoms with E-state index in [9.17, 15) is 4.79 Å². The Morgan fingerprint density at radius 2 is 2.41 bits per heavy atom. The molecule has 0 radical (unpaired) electrons. The van der Waals surface area contributed by atoms with Crippen LogP contribution in [0.4, 0.5) is 5.82 Å². The summed E-state index contributed by atoms with van der Waals surface area (Å²) in [4.78, 5) is 15.8. The molecule has 92 valence electrons. The highest BCUT2D eigenvalue weighted by atomic mass is 16.5. The first kappa shape index (κ1) is 13.4. The Hall–Kier alpha value is -1.68. The van der Waals surface area contributed by atoms with Crippen LogP contribution in [0.25, 0.3) is 0 Å². The second kappa shape index (κ2) is 6.81. The lowest BCUT2D eigenvalue weighted by Gasteiger charge is -2.12. The third-order valence-electron chi connectivity index (χ3n) is 2.22. The highest BCUT2D eigenvalue weighted by Crippen LogP contribution is 2.05. The molecule has 0 aromatic carbocycles. The van der Waals surface area contributed by atoms with Crippen LogP contribution in [-0.2, 0) is 9.53 Å². The van der Waals surface area contributed by atoms with Gasteiger partial charge in [0.25, 0.3) is 5.91 Å². The molecule has 1 heterocycles. The number of aromatic nitrogens is 1. The Bertz CT molecular complexity index is 374. The first-order valence-corrected chi connectivity index (χ1v) is 5.59. The van der Waals surface area contributed by atoms with Gasteiger partial charge in [0, 0.05) is 6.20 Å². The third kappa shape index (κ3) is 4.78. The molecule has 0 saturated carbocycles. The largest absolute Gasteiger partial charge is 0.368 e. The first-order valence-electron chi connectivity index (χ1n) is 5.59. The van der Waals surface area contributed by atoms with Crippen molar-refractivity contribution in [2.24, 2.45) is 0 Å². The summed E-state index contributed by atoms with van der Waals surface area (Å²) in [5, 5.41) is 2.69. The summed E-state index contributed by atoms with van der Waals surface area (Å²) in [5.74, 6) is 0.352. The van der Waals surface area contributed by atoms with Crippen molar-refractivity contribution in [2.75, 3.05) is 11.9 Å².